The predicted octanol–water partition coefficient (Wildman–Crippen LogP) is 2.64. The molecule has 1 heterocycles. The van der Waals surface area contributed by atoms with E-state index in [1.807, 2.05) is 37.5 Å². The quantitative estimate of drug-likeness (QED) is 0.248. The molecule has 0 aromatic heterocycles. The summed E-state index contributed by atoms with van der Waals surface area (Å²) >= 11 is 0. The molecule has 0 saturated carbocycles. The fourth-order valence-corrected chi connectivity index (χ4v) is 4.18. The molecule has 1 aliphatic heterocycles. The van der Waals surface area contributed by atoms with Crippen molar-refractivity contribution >= 4 is 30.7 Å². The van der Waals surface area contributed by atoms with Crippen molar-refractivity contribution in [2.75, 3.05) is 72.0 Å². The van der Waals surface area contributed by atoms with Gasteiger partial charge in [0.25, 0.3) is 6.47 Å². The summed E-state index contributed by atoms with van der Waals surface area (Å²) in [6, 6.07) is -0.623. The summed E-state index contributed by atoms with van der Waals surface area (Å²) in [4.78, 5) is 60.3. The van der Waals surface area contributed by atoms with Crippen LogP contribution in [-0.2, 0) is 24.0 Å². The highest BCUT2D eigenvalue weighted by Gasteiger charge is 2.29. The number of aliphatic carboxylic acids is 3. The van der Waals surface area contributed by atoms with Gasteiger partial charge < -0.3 is 30.1 Å². The van der Waals surface area contributed by atoms with Crippen LogP contribution in [0.25, 0.3) is 0 Å². The lowest BCUT2D eigenvalue weighted by molar-refractivity contribution is -0.144. The second kappa shape index (κ2) is 27.0. The van der Waals surface area contributed by atoms with Crippen molar-refractivity contribution in [3.05, 3.63) is 0 Å². The van der Waals surface area contributed by atoms with Crippen molar-refractivity contribution in [1.29, 1.82) is 0 Å². The SMILES string of the molecule is CC.CCC=O.CCN1CCN(CC(=O)O)CCN(CC(=O)O)CCN(C(CCC(C)C(C)(C)C)C(=O)O)CC1.O=CO. The predicted molar refractivity (Wildman–Crippen MR) is 168 cm³/mol. The molecule has 0 aromatic rings. The number of likely N-dealkylation sites (N-methyl/N-ethyl adjacent to an activating group) is 1. The normalized spacial score (nSPS) is 17.4. The summed E-state index contributed by atoms with van der Waals surface area (Å²) in [5, 5.41) is 35.6. The zero-order valence-electron chi connectivity index (χ0n) is 27.8. The first-order valence-corrected chi connectivity index (χ1v) is 15.3. The molecule has 2 atom stereocenters. The van der Waals surface area contributed by atoms with Gasteiger partial charge >= 0.3 is 17.9 Å². The van der Waals surface area contributed by atoms with Gasteiger partial charge in [-0.25, -0.2) is 0 Å². The highest BCUT2D eigenvalue weighted by atomic mass is 16.4. The van der Waals surface area contributed by atoms with Crippen LogP contribution in [0.5, 0.6) is 0 Å². The molecule has 13 heteroatoms. The molecule has 1 aliphatic rings. The van der Waals surface area contributed by atoms with E-state index in [9.17, 15) is 34.5 Å². The molecule has 0 amide bonds. The number of aldehydes is 1. The van der Waals surface area contributed by atoms with E-state index in [-0.39, 0.29) is 25.0 Å². The average molecular weight is 621 g/mol. The van der Waals surface area contributed by atoms with E-state index < -0.39 is 23.9 Å². The average Bonchev–Trinajstić information content (AvgIpc) is 2.93. The maximum absolute atomic E-state index is 12.3. The molecule has 4 N–H and O–H groups in total. The number of carboxylic acid groups (broad SMARTS) is 4. The Morgan fingerprint density at radius 2 is 1.09 bits per heavy atom. The van der Waals surface area contributed by atoms with E-state index in [0.29, 0.717) is 71.1 Å². The summed E-state index contributed by atoms with van der Waals surface area (Å²) in [5.74, 6) is -2.32. The number of carboxylic acids is 3. The Hall–Kier alpha value is -2.61. The summed E-state index contributed by atoms with van der Waals surface area (Å²) in [6.45, 7) is 21.0. The van der Waals surface area contributed by atoms with Crippen LogP contribution < -0.4 is 0 Å². The second-order valence-corrected chi connectivity index (χ2v) is 11.2. The Morgan fingerprint density at radius 1 is 0.744 bits per heavy atom. The van der Waals surface area contributed by atoms with Crippen LogP contribution in [-0.4, -0.2) is 149 Å². The third kappa shape index (κ3) is 24.5. The van der Waals surface area contributed by atoms with Crippen molar-refractivity contribution in [1.82, 2.24) is 19.6 Å². The molecule has 0 aliphatic carbocycles. The molecule has 0 radical (unpaired) electrons. The smallest absolute Gasteiger partial charge is 0.320 e. The largest absolute Gasteiger partial charge is 0.483 e. The summed E-state index contributed by atoms with van der Waals surface area (Å²) in [7, 11) is 0. The van der Waals surface area contributed by atoms with Crippen LogP contribution in [0.3, 0.4) is 0 Å². The fourth-order valence-electron chi connectivity index (χ4n) is 4.18. The number of carbonyl (C=O) groups is 5. The van der Waals surface area contributed by atoms with Gasteiger partial charge in [0.05, 0.1) is 13.1 Å². The number of rotatable bonds is 11. The minimum atomic E-state index is -0.950. The molecule has 254 valence electrons. The summed E-state index contributed by atoms with van der Waals surface area (Å²) in [5.41, 5.74) is 0.101. The fraction of sp³-hybridized carbons (Fsp3) is 0.833. The number of hydrogen-bond donors (Lipinski definition) is 4. The minimum Gasteiger partial charge on any atom is -0.483 e. The Labute approximate surface area is 258 Å². The van der Waals surface area contributed by atoms with E-state index in [4.69, 9.17) is 9.90 Å². The highest BCUT2D eigenvalue weighted by molar-refractivity contribution is 5.73. The van der Waals surface area contributed by atoms with Crippen LogP contribution in [0.2, 0.25) is 0 Å². The number of carbonyl (C=O) groups excluding carboxylic acids is 1. The van der Waals surface area contributed by atoms with Gasteiger partial charge in [-0.05, 0) is 30.7 Å². The van der Waals surface area contributed by atoms with Gasteiger partial charge in [0.1, 0.15) is 12.3 Å². The zero-order valence-corrected chi connectivity index (χ0v) is 27.8. The van der Waals surface area contributed by atoms with Crippen LogP contribution in [0.4, 0.5) is 0 Å². The first kappa shape index (κ1) is 44.8. The van der Waals surface area contributed by atoms with Gasteiger partial charge in [-0.2, -0.15) is 0 Å². The van der Waals surface area contributed by atoms with Crippen LogP contribution in [0, 0.1) is 11.3 Å². The monoisotopic (exact) mass is 620 g/mol. The lowest BCUT2D eigenvalue weighted by Crippen LogP contribution is -2.51. The number of hydrogen-bond acceptors (Lipinski definition) is 9. The molecule has 43 heavy (non-hydrogen) atoms. The van der Waals surface area contributed by atoms with E-state index in [2.05, 4.69) is 32.6 Å². The molecule has 13 nitrogen and oxygen atoms in total. The highest BCUT2D eigenvalue weighted by Crippen LogP contribution is 2.30. The standard InChI is InChI=1S/C24H46N4O6.C3H6O.C2H6.CH2O2/c1-6-25-9-10-26(17-21(29)30)11-12-27(18-22(31)32)14-16-28(15-13-25)20(23(33)34)8-7-19(2)24(3,4)5;1-2-3-4;1-2;2-1-3/h19-20H,6-18H2,1-5H3,(H,29,30)(H,31,32)(H,33,34);3H,2H2,1H3;1-2H3;1H,(H,2,3). The molecule has 0 spiro atoms. The topological polar surface area (TPSA) is 179 Å². The first-order chi connectivity index (χ1) is 20.2. The molecular weight excluding hydrogens is 560 g/mol. The van der Waals surface area contributed by atoms with E-state index in [0.717, 1.165) is 19.3 Å². The Bertz CT molecular complexity index is 762. The van der Waals surface area contributed by atoms with Crippen LogP contribution in [0.15, 0.2) is 0 Å². The molecule has 1 saturated heterocycles. The second-order valence-electron chi connectivity index (χ2n) is 11.2. The summed E-state index contributed by atoms with van der Waals surface area (Å²) < 4.78 is 0. The van der Waals surface area contributed by atoms with Gasteiger partial charge in [-0.1, -0.05) is 55.4 Å². The van der Waals surface area contributed by atoms with Crippen molar-refractivity contribution in [2.24, 2.45) is 11.3 Å². The van der Waals surface area contributed by atoms with E-state index in [1.54, 1.807) is 4.90 Å². The van der Waals surface area contributed by atoms with Crippen LogP contribution >= 0.6 is 0 Å². The van der Waals surface area contributed by atoms with Gasteiger partial charge in [-0.3, -0.25) is 33.9 Å². The van der Waals surface area contributed by atoms with Gasteiger partial charge in [0.15, 0.2) is 0 Å². The minimum absolute atomic E-state index is 0.0857. The van der Waals surface area contributed by atoms with Crippen molar-refractivity contribution in [3.63, 3.8) is 0 Å². The van der Waals surface area contributed by atoms with Gasteiger partial charge in [-0.15, -0.1) is 0 Å². The van der Waals surface area contributed by atoms with Crippen LogP contribution in [0.1, 0.15) is 74.7 Å². The van der Waals surface area contributed by atoms with E-state index in [1.165, 1.54) is 0 Å². The Balaban J connectivity index is -0.00000157. The molecule has 0 aromatic carbocycles. The maximum atomic E-state index is 12.3. The number of nitrogens with zero attached hydrogens (tertiary/aromatic N) is 4. The summed E-state index contributed by atoms with van der Waals surface area (Å²) in [6.07, 6.45) is 2.86. The van der Waals surface area contributed by atoms with Crippen molar-refractivity contribution in [2.45, 2.75) is 80.7 Å². The van der Waals surface area contributed by atoms with Gasteiger partial charge in [0.2, 0.25) is 0 Å². The molecule has 2 unspecified atom stereocenters. The third-order valence-corrected chi connectivity index (χ3v) is 7.28. The first-order valence-electron chi connectivity index (χ1n) is 15.3. The lowest BCUT2D eigenvalue weighted by atomic mass is 9.79. The zero-order chi connectivity index (χ0) is 34.0. The van der Waals surface area contributed by atoms with E-state index >= 15 is 0 Å². The van der Waals surface area contributed by atoms with Crippen molar-refractivity contribution in [3.8, 4) is 0 Å². The molecule has 1 fully saturated rings. The molecular formula is C30H60N4O9. The van der Waals surface area contributed by atoms with Crippen molar-refractivity contribution < 1.29 is 44.4 Å². The maximum Gasteiger partial charge on any atom is 0.320 e. The van der Waals surface area contributed by atoms with Gasteiger partial charge in [0, 0.05) is 58.8 Å². The molecule has 1 rings (SSSR count). The third-order valence-electron chi connectivity index (χ3n) is 7.28. The Kier molecular flexibility index (Phi) is 28.1. The molecule has 0 bridgehead atoms. The Morgan fingerprint density at radius 3 is 1.40 bits per heavy atom. The lowest BCUT2D eigenvalue weighted by Gasteiger charge is -2.36.